The lowest BCUT2D eigenvalue weighted by Crippen LogP contribution is -2.07. The first-order valence-electron chi connectivity index (χ1n) is 4.85. The van der Waals surface area contributed by atoms with Crippen LogP contribution in [0.3, 0.4) is 0 Å². The molecule has 6 nitrogen and oxygen atoms in total. The van der Waals surface area contributed by atoms with Gasteiger partial charge in [0.05, 0.1) is 5.56 Å². The van der Waals surface area contributed by atoms with Crippen LogP contribution >= 0.6 is 0 Å². The van der Waals surface area contributed by atoms with Gasteiger partial charge < -0.3 is 10.2 Å². The number of aromatic hydroxyl groups is 1. The zero-order valence-electron chi connectivity index (χ0n) is 9.09. The van der Waals surface area contributed by atoms with Crippen molar-refractivity contribution in [3.8, 4) is 11.7 Å². The fourth-order valence-corrected chi connectivity index (χ4v) is 1.32. The molecule has 0 spiro atoms. The molecular formula is C10H6F3N3O3. The molecule has 0 aromatic carbocycles. The molecule has 0 aliphatic heterocycles. The van der Waals surface area contributed by atoms with E-state index in [0.717, 1.165) is 22.9 Å². The molecule has 0 atom stereocenters. The first-order valence-corrected chi connectivity index (χ1v) is 4.85. The van der Waals surface area contributed by atoms with E-state index in [1.807, 2.05) is 0 Å². The second kappa shape index (κ2) is 4.26. The summed E-state index contributed by atoms with van der Waals surface area (Å²) in [4.78, 5) is 14.1. The SMILES string of the molecule is O=C(O)c1cc(O)n(-c2ccc(C(F)(F)F)cn2)n1. The second-order valence-corrected chi connectivity index (χ2v) is 3.51. The quantitative estimate of drug-likeness (QED) is 0.869. The van der Waals surface area contributed by atoms with Crippen molar-refractivity contribution in [2.75, 3.05) is 0 Å². The first kappa shape index (κ1) is 12.9. The molecule has 19 heavy (non-hydrogen) atoms. The maximum atomic E-state index is 12.3. The fraction of sp³-hybridized carbons (Fsp3) is 0.100. The molecule has 0 unspecified atom stereocenters. The van der Waals surface area contributed by atoms with Crippen LogP contribution in [0.5, 0.6) is 5.88 Å². The van der Waals surface area contributed by atoms with Gasteiger partial charge in [-0.15, -0.1) is 0 Å². The van der Waals surface area contributed by atoms with E-state index in [1.165, 1.54) is 0 Å². The van der Waals surface area contributed by atoms with E-state index in [0.29, 0.717) is 6.20 Å². The van der Waals surface area contributed by atoms with Crippen molar-refractivity contribution in [2.24, 2.45) is 0 Å². The van der Waals surface area contributed by atoms with E-state index in [4.69, 9.17) is 5.11 Å². The summed E-state index contributed by atoms with van der Waals surface area (Å²) >= 11 is 0. The Kier molecular flexibility index (Phi) is 2.89. The molecule has 2 aromatic rings. The number of hydrogen-bond donors (Lipinski definition) is 2. The number of halogens is 3. The summed E-state index contributed by atoms with van der Waals surface area (Å²) in [6.07, 6.45) is -3.96. The third-order valence-corrected chi connectivity index (χ3v) is 2.20. The van der Waals surface area contributed by atoms with Gasteiger partial charge in [0, 0.05) is 12.3 Å². The normalized spacial score (nSPS) is 11.5. The molecule has 0 amide bonds. The van der Waals surface area contributed by atoms with Crippen LogP contribution in [0.1, 0.15) is 16.1 Å². The Balaban J connectivity index is 2.40. The lowest BCUT2D eigenvalue weighted by molar-refractivity contribution is -0.137. The van der Waals surface area contributed by atoms with Gasteiger partial charge in [-0.05, 0) is 12.1 Å². The molecule has 2 aromatic heterocycles. The summed E-state index contributed by atoms with van der Waals surface area (Å²) < 4.78 is 37.7. The largest absolute Gasteiger partial charge is 0.493 e. The van der Waals surface area contributed by atoms with Crippen molar-refractivity contribution in [3.63, 3.8) is 0 Å². The van der Waals surface area contributed by atoms with Crippen molar-refractivity contribution in [1.29, 1.82) is 0 Å². The minimum atomic E-state index is -4.52. The van der Waals surface area contributed by atoms with Crippen molar-refractivity contribution in [2.45, 2.75) is 6.18 Å². The van der Waals surface area contributed by atoms with Crippen LogP contribution in [0.2, 0.25) is 0 Å². The van der Waals surface area contributed by atoms with Crippen molar-refractivity contribution >= 4 is 5.97 Å². The number of pyridine rings is 1. The highest BCUT2D eigenvalue weighted by molar-refractivity contribution is 5.85. The van der Waals surface area contributed by atoms with Crippen molar-refractivity contribution < 1.29 is 28.2 Å². The summed E-state index contributed by atoms with van der Waals surface area (Å²) in [6, 6.07) is 2.59. The Morgan fingerprint density at radius 3 is 2.42 bits per heavy atom. The van der Waals surface area contributed by atoms with Crippen LogP contribution in [-0.2, 0) is 6.18 Å². The summed E-state index contributed by atoms with van der Waals surface area (Å²) in [5.74, 6) is -2.04. The van der Waals surface area contributed by atoms with Crippen LogP contribution in [-0.4, -0.2) is 30.9 Å². The number of rotatable bonds is 2. The highest BCUT2D eigenvalue weighted by Gasteiger charge is 2.30. The average molecular weight is 273 g/mol. The van der Waals surface area contributed by atoms with Gasteiger partial charge in [0.1, 0.15) is 0 Å². The molecular weight excluding hydrogens is 267 g/mol. The van der Waals surface area contributed by atoms with E-state index in [2.05, 4.69) is 10.1 Å². The standard InChI is InChI=1S/C10H6F3N3O3/c11-10(12,13)5-1-2-7(14-4-5)16-8(17)3-6(15-16)9(18)19/h1-4,17H,(H,18,19). The Hall–Kier alpha value is -2.58. The molecule has 0 fully saturated rings. The Morgan fingerprint density at radius 1 is 1.32 bits per heavy atom. The molecule has 0 radical (unpaired) electrons. The van der Waals surface area contributed by atoms with Crippen LogP contribution < -0.4 is 0 Å². The molecule has 100 valence electrons. The lowest BCUT2D eigenvalue weighted by atomic mass is 10.3. The molecule has 2 heterocycles. The third kappa shape index (κ3) is 2.49. The van der Waals surface area contributed by atoms with Crippen molar-refractivity contribution in [3.05, 3.63) is 35.7 Å². The van der Waals surface area contributed by atoms with Gasteiger partial charge in [0.15, 0.2) is 11.5 Å². The topological polar surface area (TPSA) is 88.2 Å². The number of carbonyl (C=O) groups is 1. The zero-order valence-corrected chi connectivity index (χ0v) is 9.09. The smallest absolute Gasteiger partial charge is 0.417 e. The van der Waals surface area contributed by atoms with Crippen molar-refractivity contribution in [1.82, 2.24) is 14.8 Å². The molecule has 2 N–H and O–H groups in total. The monoisotopic (exact) mass is 273 g/mol. The molecule has 0 saturated carbocycles. The average Bonchev–Trinajstić information content (AvgIpc) is 2.70. The number of hydrogen-bond acceptors (Lipinski definition) is 4. The van der Waals surface area contributed by atoms with Gasteiger partial charge in [-0.3, -0.25) is 0 Å². The minimum absolute atomic E-state index is 0.127. The van der Waals surface area contributed by atoms with Gasteiger partial charge in [0.2, 0.25) is 5.88 Å². The predicted molar refractivity (Wildman–Crippen MR) is 55.0 cm³/mol. The number of carboxylic acids is 1. The molecule has 0 saturated heterocycles. The van der Waals surface area contributed by atoms with Crippen LogP contribution in [0.25, 0.3) is 5.82 Å². The molecule has 2 rings (SSSR count). The van der Waals surface area contributed by atoms with Crippen LogP contribution in [0.15, 0.2) is 24.4 Å². The van der Waals surface area contributed by atoms with Gasteiger partial charge in [-0.1, -0.05) is 0 Å². The van der Waals surface area contributed by atoms with E-state index in [9.17, 15) is 23.1 Å². The second-order valence-electron chi connectivity index (χ2n) is 3.51. The number of nitrogens with zero attached hydrogens (tertiary/aromatic N) is 3. The summed E-state index contributed by atoms with van der Waals surface area (Å²) in [5, 5.41) is 21.6. The first-order chi connectivity index (χ1) is 8.79. The number of carboxylic acid groups (broad SMARTS) is 1. The maximum absolute atomic E-state index is 12.3. The van der Waals surface area contributed by atoms with E-state index >= 15 is 0 Å². The van der Waals surface area contributed by atoms with Gasteiger partial charge in [0.25, 0.3) is 0 Å². The Labute approximate surface area is 103 Å². The highest BCUT2D eigenvalue weighted by atomic mass is 19.4. The lowest BCUT2D eigenvalue weighted by Gasteiger charge is -2.07. The fourth-order valence-electron chi connectivity index (χ4n) is 1.32. The molecule has 9 heteroatoms. The molecule has 0 bridgehead atoms. The van der Waals surface area contributed by atoms with E-state index in [1.54, 1.807) is 0 Å². The minimum Gasteiger partial charge on any atom is -0.493 e. The molecule has 0 aliphatic rings. The highest BCUT2D eigenvalue weighted by Crippen LogP contribution is 2.29. The maximum Gasteiger partial charge on any atom is 0.417 e. The van der Waals surface area contributed by atoms with E-state index in [-0.39, 0.29) is 5.82 Å². The van der Waals surface area contributed by atoms with Gasteiger partial charge >= 0.3 is 12.1 Å². The number of aromatic nitrogens is 3. The Morgan fingerprint density at radius 2 is 2.00 bits per heavy atom. The van der Waals surface area contributed by atoms with Gasteiger partial charge in [-0.25, -0.2) is 9.78 Å². The van der Waals surface area contributed by atoms with Gasteiger partial charge in [-0.2, -0.15) is 23.0 Å². The Bertz CT molecular complexity index is 619. The summed E-state index contributed by atoms with van der Waals surface area (Å²) in [7, 11) is 0. The summed E-state index contributed by atoms with van der Waals surface area (Å²) in [5.41, 5.74) is -1.40. The zero-order chi connectivity index (χ0) is 14.2. The van der Waals surface area contributed by atoms with Crippen LogP contribution in [0.4, 0.5) is 13.2 Å². The number of alkyl halides is 3. The third-order valence-electron chi connectivity index (χ3n) is 2.20. The molecule has 0 aliphatic carbocycles. The van der Waals surface area contributed by atoms with Crippen LogP contribution in [0, 0.1) is 0 Å². The number of aromatic carboxylic acids is 1. The van der Waals surface area contributed by atoms with E-state index < -0.39 is 29.3 Å². The predicted octanol–water partition coefficient (Wildman–Crippen LogP) is 1.69. The summed E-state index contributed by atoms with van der Waals surface area (Å²) in [6.45, 7) is 0.